The monoisotopic (exact) mass is 370 g/mol. The van der Waals surface area contributed by atoms with Crippen molar-refractivity contribution >= 4 is 32.7 Å². The fourth-order valence-corrected chi connectivity index (χ4v) is 4.17. The molecule has 5 aromatic carbocycles. The minimum absolute atomic E-state index is 0.931. The van der Waals surface area contributed by atoms with Crippen molar-refractivity contribution in [3.63, 3.8) is 0 Å². The van der Waals surface area contributed by atoms with Crippen molar-refractivity contribution in [1.29, 1.82) is 0 Å². The highest BCUT2D eigenvalue weighted by Gasteiger charge is 2.11. The van der Waals surface area contributed by atoms with Gasteiger partial charge in [0, 0.05) is 16.2 Å². The van der Waals surface area contributed by atoms with E-state index in [-0.39, 0.29) is 0 Å². The van der Waals surface area contributed by atoms with Crippen LogP contribution < -0.4 is 0 Å². The van der Waals surface area contributed by atoms with Gasteiger partial charge in [-0.2, -0.15) is 0 Å². The quantitative estimate of drug-likeness (QED) is 0.300. The maximum atomic E-state index is 6.23. The summed E-state index contributed by atoms with van der Waals surface area (Å²) in [5.74, 6) is 0. The van der Waals surface area contributed by atoms with Crippen LogP contribution >= 0.6 is 0 Å². The Morgan fingerprint density at radius 3 is 1.90 bits per heavy atom. The van der Waals surface area contributed by atoms with Crippen molar-refractivity contribution in [2.75, 3.05) is 0 Å². The van der Waals surface area contributed by atoms with Gasteiger partial charge in [0.15, 0.2) is 0 Å². The van der Waals surface area contributed by atoms with Crippen molar-refractivity contribution in [3.8, 4) is 22.3 Å². The zero-order valence-electron chi connectivity index (χ0n) is 15.8. The minimum Gasteiger partial charge on any atom is -0.455 e. The third-order valence-electron chi connectivity index (χ3n) is 5.69. The van der Waals surface area contributed by atoms with Crippen molar-refractivity contribution in [3.05, 3.63) is 109 Å². The van der Waals surface area contributed by atoms with Gasteiger partial charge in [0.05, 0.1) is 0 Å². The Morgan fingerprint density at radius 2 is 1.07 bits per heavy atom. The molecule has 6 rings (SSSR count). The molecule has 0 fully saturated rings. The van der Waals surface area contributed by atoms with Gasteiger partial charge in [-0.05, 0) is 45.8 Å². The van der Waals surface area contributed by atoms with E-state index in [9.17, 15) is 0 Å². The Morgan fingerprint density at radius 1 is 0.414 bits per heavy atom. The van der Waals surface area contributed by atoms with Crippen molar-refractivity contribution in [2.24, 2.45) is 0 Å². The molecular weight excluding hydrogens is 352 g/mol. The van der Waals surface area contributed by atoms with Crippen LogP contribution in [0, 0.1) is 0 Å². The summed E-state index contributed by atoms with van der Waals surface area (Å²) in [6.45, 7) is 0. The third-order valence-corrected chi connectivity index (χ3v) is 5.69. The van der Waals surface area contributed by atoms with E-state index in [4.69, 9.17) is 4.42 Å². The van der Waals surface area contributed by atoms with Crippen LogP contribution in [0.4, 0.5) is 0 Å². The van der Waals surface area contributed by atoms with E-state index < -0.39 is 0 Å². The minimum atomic E-state index is 0.931. The summed E-state index contributed by atoms with van der Waals surface area (Å²) >= 11 is 0. The topological polar surface area (TPSA) is 13.1 Å². The largest absolute Gasteiger partial charge is 0.455 e. The van der Waals surface area contributed by atoms with Gasteiger partial charge in [-0.25, -0.2) is 0 Å². The van der Waals surface area contributed by atoms with E-state index in [1.165, 1.54) is 33.0 Å². The molecule has 0 spiro atoms. The Labute approximate surface area is 168 Å². The first kappa shape index (κ1) is 16.1. The van der Waals surface area contributed by atoms with E-state index in [0.29, 0.717) is 0 Å². The molecule has 1 nitrogen and oxygen atoms in total. The number of benzene rings is 5. The lowest BCUT2D eigenvalue weighted by Gasteiger charge is -2.05. The fourth-order valence-electron chi connectivity index (χ4n) is 4.17. The van der Waals surface area contributed by atoms with Crippen LogP contribution in [0.15, 0.2) is 114 Å². The molecular formula is C28H18O. The van der Waals surface area contributed by atoms with Crippen LogP contribution in [0.2, 0.25) is 0 Å². The molecule has 0 amide bonds. The summed E-state index contributed by atoms with van der Waals surface area (Å²) in [5, 5.41) is 4.70. The van der Waals surface area contributed by atoms with Crippen LogP contribution in [0.25, 0.3) is 55.0 Å². The van der Waals surface area contributed by atoms with Gasteiger partial charge >= 0.3 is 0 Å². The number of hydrogen-bond acceptors (Lipinski definition) is 1. The zero-order chi connectivity index (χ0) is 19.2. The van der Waals surface area contributed by atoms with Gasteiger partial charge in [0.2, 0.25) is 0 Å². The van der Waals surface area contributed by atoms with Crippen LogP contribution in [-0.4, -0.2) is 0 Å². The molecule has 0 bridgehead atoms. The molecule has 1 heterocycles. The lowest BCUT2D eigenvalue weighted by Crippen LogP contribution is -1.80. The molecule has 29 heavy (non-hydrogen) atoms. The molecule has 1 aromatic heterocycles. The van der Waals surface area contributed by atoms with Gasteiger partial charge in [0.25, 0.3) is 0 Å². The number of fused-ring (bicyclic) bond motifs is 5. The first-order valence-corrected chi connectivity index (χ1v) is 9.87. The summed E-state index contributed by atoms with van der Waals surface area (Å²) < 4.78 is 6.23. The van der Waals surface area contributed by atoms with Gasteiger partial charge in [-0.1, -0.05) is 91.0 Å². The smallest absolute Gasteiger partial charge is 0.143 e. The SMILES string of the molecule is c1ccc(-c2ccc(-c3ccc4oc5c6ccccc6ccc5c4c3)cc2)cc1. The van der Waals surface area contributed by atoms with E-state index in [1.807, 2.05) is 6.07 Å². The van der Waals surface area contributed by atoms with Crippen LogP contribution in [-0.2, 0) is 0 Å². The van der Waals surface area contributed by atoms with Gasteiger partial charge in [-0.15, -0.1) is 0 Å². The lowest BCUT2D eigenvalue weighted by molar-refractivity contribution is 0.672. The molecule has 6 aromatic rings. The lowest BCUT2D eigenvalue weighted by atomic mass is 9.99. The van der Waals surface area contributed by atoms with Crippen molar-refractivity contribution in [1.82, 2.24) is 0 Å². The normalized spacial score (nSPS) is 11.4. The molecule has 0 radical (unpaired) electrons. The number of hydrogen-bond donors (Lipinski definition) is 0. The standard InChI is InChI=1S/C28H18O/c1-2-6-19(7-3-1)20-10-12-21(13-11-20)23-15-17-27-26(18-23)25-16-14-22-8-4-5-9-24(22)28(25)29-27/h1-18H. The van der Waals surface area contributed by atoms with E-state index >= 15 is 0 Å². The highest BCUT2D eigenvalue weighted by atomic mass is 16.3. The Balaban J connectivity index is 1.48. The average Bonchev–Trinajstić information content (AvgIpc) is 3.18. The zero-order valence-corrected chi connectivity index (χ0v) is 15.8. The summed E-state index contributed by atoms with van der Waals surface area (Å²) in [4.78, 5) is 0. The second-order valence-electron chi connectivity index (χ2n) is 7.42. The van der Waals surface area contributed by atoms with Gasteiger partial charge < -0.3 is 4.42 Å². The Bertz CT molecular complexity index is 1470. The van der Waals surface area contributed by atoms with E-state index in [2.05, 4.69) is 103 Å². The predicted octanol–water partition coefficient (Wildman–Crippen LogP) is 8.07. The van der Waals surface area contributed by atoms with Crippen LogP contribution in [0.1, 0.15) is 0 Å². The molecule has 0 atom stereocenters. The molecule has 0 aliphatic heterocycles. The summed E-state index contributed by atoms with van der Waals surface area (Å²) in [7, 11) is 0. The molecule has 136 valence electrons. The number of rotatable bonds is 2. The van der Waals surface area contributed by atoms with Crippen molar-refractivity contribution < 1.29 is 4.42 Å². The molecule has 1 heteroatoms. The van der Waals surface area contributed by atoms with E-state index in [1.54, 1.807) is 0 Å². The molecule has 0 N–H and O–H groups in total. The Kier molecular flexibility index (Phi) is 3.54. The average molecular weight is 370 g/mol. The Hall–Kier alpha value is -3.84. The second kappa shape index (κ2) is 6.35. The van der Waals surface area contributed by atoms with Crippen molar-refractivity contribution in [2.45, 2.75) is 0 Å². The molecule has 0 unspecified atom stereocenters. The maximum absolute atomic E-state index is 6.23. The van der Waals surface area contributed by atoms with Gasteiger partial charge in [0.1, 0.15) is 11.2 Å². The van der Waals surface area contributed by atoms with Gasteiger partial charge in [-0.3, -0.25) is 0 Å². The first-order valence-electron chi connectivity index (χ1n) is 9.87. The summed E-state index contributed by atoms with van der Waals surface area (Å²) in [5.41, 5.74) is 6.78. The highest BCUT2D eigenvalue weighted by molar-refractivity contribution is 6.15. The van der Waals surface area contributed by atoms with Crippen LogP contribution in [0.3, 0.4) is 0 Å². The van der Waals surface area contributed by atoms with Crippen LogP contribution in [0.5, 0.6) is 0 Å². The van der Waals surface area contributed by atoms with E-state index in [0.717, 1.165) is 21.9 Å². The molecule has 0 saturated heterocycles. The molecule has 0 aliphatic carbocycles. The summed E-state index contributed by atoms with van der Waals surface area (Å²) in [6, 6.07) is 38.5. The molecule has 0 saturated carbocycles. The number of furan rings is 1. The predicted molar refractivity (Wildman–Crippen MR) is 122 cm³/mol. The second-order valence-corrected chi connectivity index (χ2v) is 7.42. The fraction of sp³-hybridized carbons (Fsp3) is 0. The third kappa shape index (κ3) is 2.63. The summed E-state index contributed by atoms with van der Waals surface area (Å²) in [6.07, 6.45) is 0. The highest BCUT2D eigenvalue weighted by Crippen LogP contribution is 2.36. The maximum Gasteiger partial charge on any atom is 0.143 e. The molecule has 0 aliphatic rings. The first-order chi connectivity index (χ1) is 14.4.